The van der Waals surface area contributed by atoms with Crippen molar-refractivity contribution < 1.29 is 14.6 Å². The first kappa shape index (κ1) is 17.5. The second-order valence-corrected chi connectivity index (χ2v) is 6.50. The summed E-state index contributed by atoms with van der Waals surface area (Å²) >= 11 is 0. The van der Waals surface area contributed by atoms with E-state index in [0.717, 1.165) is 17.1 Å². The SMILES string of the molecule is N#Cc1c(N)c2c(n1-c1ccc(Oc3ccccc3)cc1)CCN(C(=O)O)C2. The van der Waals surface area contributed by atoms with Gasteiger partial charge in [0.1, 0.15) is 23.3 Å². The molecule has 0 saturated heterocycles. The second kappa shape index (κ2) is 7.00. The maximum atomic E-state index is 11.3. The highest BCUT2D eigenvalue weighted by Crippen LogP contribution is 2.34. The summed E-state index contributed by atoms with van der Waals surface area (Å²) in [6.45, 7) is 0.555. The van der Waals surface area contributed by atoms with Crippen molar-refractivity contribution in [3.05, 3.63) is 71.5 Å². The van der Waals surface area contributed by atoms with Gasteiger partial charge < -0.3 is 25.0 Å². The van der Waals surface area contributed by atoms with Gasteiger partial charge in [-0.2, -0.15) is 5.26 Å². The van der Waals surface area contributed by atoms with Gasteiger partial charge in [-0.05, 0) is 36.4 Å². The van der Waals surface area contributed by atoms with E-state index in [1.807, 2.05) is 59.2 Å². The highest BCUT2D eigenvalue weighted by atomic mass is 16.5. The Kier molecular flexibility index (Phi) is 4.38. The predicted molar refractivity (Wildman–Crippen MR) is 104 cm³/mol. The number of nitrogens with two attached hydrogens (primary N) is 1. The highest BCUT2D eigenvalue weighted by Gasteiger charge is 2.29. The Morgan fingerprint density at radius 3 is 2.43 bits per heavy atom. The lowest BCUT2D eigenvalue weighted by molar-refractivity contribution is 0.139. The molecule has 28 heavy (non-hydrogen) atoms. The molecule has 1 aliphatic rings. The summed E-state index contributed by atoms with van der Waals surface area (Å²) in [6.07, 6.45) is -0.491. The molecule has 1 aliphatic heterocycles. The normalized spacial score (nSPS) is 12.9. The third-order valence-electron chi connectivity index (χ3n) is 4.84. The molecule has 1 amide bonds. The lowest BCUT2D eigenvalue weighted by atomic mass is 10.1. The van der Waals surface area contributed by atoms with Gasteiger partial charge in [0.05, 0.1) is 12.2 Å². The molecule has 7 heteroatoms. The summed E-state index contributed by atoms with van der Waals surface area (Å²) in [5.74, 6) is 1.42. The first-order valence-corrected chi connectivity index (χ1v) is 8.81. The number of hydrogen-bond donors (Lipinski definition) is 2. The van der Waals surface area contributed by atoms with Crippen LogP contribution in [0.5, 0.6) is 11.5 Å². The molecule has 0 saturated carbocycles. The molecule has 140 valence electrons. The zero-order chi connectivity index (χ0) is 19.7. The minimum absolute atomic E-state index is 0.188. The number of hydrogen-bond acceptors (Lipinski definition) is 4. The number of rotatable bonds is 3. The second-order valence-electron chi connectivity index (χ2n) is 6.50. The molecule has 0 radical (unpaired) electrons. The molecule has 0 unspecified atom stereocenters. The van der Waals surface area contributed by atoms with E-state index in [4.69, 9.17) is 10.5 Å². The molecule has 0 atom stereocenters. The van der Waals surface area contributed by atoms with E-state index < -0.39 is 6.09 Å². The van der Waals surface area contributed by atoms with Crippen molar-refractivity contribution in [2.75, 3.05) is 12.3 Å². The lowest BCUT2D eigenvalue weighted by Gasteiger charge is -2.25. The molecule has 0 spiro atoms. The Bertz CT molecular complexity index is 1070. The van der Waals surface area contributed by atoms with E-state index in [1.54, 1.807) is 0 Å². The number of amides is 1. The molecule has 2 aromatic carbocycles. The number of para-hydroxylation sites is 1. The average Bonchev–Trinajstić information content (AvgIpc) is 3.00. The highest BCUT2D eigenvalue weighted by molar-refractivity contribution is 5.69. The minimum Gasteiger partial charge on any atom is -0.465 e. The Hall–Kier alpha value is -3.92. The smallest absolute Gasteiger partial charge is 0.407 e. The molecule has 3 N–H and O–H groups in total. The average molecular weight is 374 g/mol. The quantitative estimate of drug-likeness (QED) is 0.726. The van der Waals surface area contributed by atoms with Gasteiger partial charge in [0.15, 0.2) is 0 Å². The van der Waals surface area contributed by atoms with E-state index >= 15 is 0 Å². The topological polar surface area (TPSA) is 105 Å². The Morgan fingerprint density at radius 2 is 1.79 bits per heavy atom. The van der Waals surface area contributed by atoms with Crippen molar-refractivity contribution in [2.24, 2.45) is 0 Å². The van der Waals surface area contributed by atoms with E-state index in [-0.39, 0.29) is 6.54 Å². The van der Waals surface area contributed by atoms with Crippen molar-refractivity contribution in [1.29, 1.82) is 5.26 Å². The van der Waals surface area contributed by atoms with Gasteiger partial charge in [-0.3, -0.25) is 0 Å². The third-order valence-corrected chi connectivity index (χ3v) is 4.84. The molecule has 4 rings (SSSR count). The summed E-state index contributed by atoms with van der Waals surface area (Å²) in [4.78, 5) is 12.6. The summed E-state index contributed by atoms with van der Waals surface area (Å²) in [5.41, 5.74) is 9.22. The Morgan fingerprint density at radius 1 is 1.11 bits per heavy atom. The summed E-state index contributed by atoms with van der Waals surface area (Å²) in [7, 11) is 0. The van der Waals surface area contributed by atoms with Crippen molar-refractivity contribution in [3.8, 4) is 23.3 Å². The first-order chi connectivity index (χ1) is 13.6. The van der Waals surface area contributed by atoms with E-state index in [1.165, 1.54) is 4.90 Å². The molecule has 1 aromatic heterocycles. The fraction of sp³-hybridized carbons (Fsp3) is 0.143. The summed E-state index contributed by atoms with van der Waals surface area (Å²) in [6, 6.07) is 19.0. The first-order valence-electron chi connectivity index (χ1n) is 8.81. The number of nitrogens with zero attached hydrogens (tertiary/aromatic N) is 3. The molecule has 0 fully saturated rings. The number of benzene rings is 2. The molecule has 7 nitrogen and oxygen atoms in total. The molecular formula is C21H18N4O3. The zero-order valence-electron chi connectivity index (χ0n) is 15.0. The summed E-state index contributed by atoms with van der Waals surface area (Å²) < 4.78 is 7.63. The van der Waals surface area contributed by atoms with Crippen LogP contribution in [-0.4, -0.2) is 27.2 Å². The lowest BCUT2D eigenvalue weighted by Crippen LogP contribution is -2.35. The summed E-state index contributed by atoms with van der Waals surface area (Å²) in [5, 5.41) is 18.9. The number of fused-ring (bicyclic) bond motifs is 1. The van der Waals surface area contributed by atoms with Crippen LogP contribution in [0, 0.1) is 11.3 Å². The molecule has 3 aromatic rings. The maximum Gasteiger partial charge on any atom is 0.407 e. The Labute approximate surface area is 161 Å². The van der Waals surface area contributed by atoms with Crippen molar-refractivity contribution in [2.45, 2.75) is 13.0 Å². The number of aromatic nitrogens is 1. The maximum absolute atomic E-state index is 11.3. The van der Waals surface area contributed by atoms with Gasteiger partial charge in [0.2, 0.25) is 0 Å². The van der Waals surface area contributed by atoms with E-state index in [9.17, 15) is 15.2 Å². The number of ether oxygens (including phenoxy) is 1. The largest absolute Gasteiger partial charge is 0.465 e. The van der Waals surface area contributed by atoms with Crippen LogP contribution in [0.25, 0.3) is 5.69 Å². The van der Waals surface area contributed by atoms with Crippen LogP contribution < -0.4 is 10.5 Å². The number of carboxylic acid groups (broad SMARTS) is 1. The molecular weight excluding hydrogens is 356 g/mol. The number of nitrogen functional groups attached to an aromatic ring is 1. The van der Waals surface area contributed by atoms with Gasteiger partial charge in [-0.1, -0.05) is 18.2 Å². The van der Waals surface area contributed by atoms with Gasteiger partial charge in [-0.25, -0.2) is 4.79 Å². The van der Waals surface area contributed by atoms with E-state index in [2.05, 4.69) is 6.07 Å². The molecule has 0 bridgehead atoms. The minimum atomic E-state index is -0.987. The monoisotopic (exact) mass is 374 g/mol. The van der Waals surface area contributed by atoms with Crippen LogP contribution in [0.4, 0.5) is 10.5 Å². The fourth-order valence-electron chi connectivity index (χ4n) is 3.48. The van der Waals surface area contributed by atoms with Crippen LogP contribution in [0.3, 0.4) is 0 Å². The number of anilines is 1. The predicted octanol–water partition coefficient (Wildman–Crippen LogP) is 3.76. The molecule has 0 aliphatic carbocycles. The van der Waals surface area contributed by atoms with Crippen LogP contribution in [-0.2, 0) is 13.0 Å². The van der Waals surface area contributed by atoms with Gasteiger partial charge >= 0.3 is 6.09 Å². The van der Waals surface area contributed by atoms with Crippen LogP contribution >= 0.6 is 0 Å². The standard InChI is InChI=1S/C21H18N4O3/c22-12-19-20(23)17-13-24(21(26)27)11-10-18(17)25(19)14-6-8-16(9-7-14)28-15-4-2-1-3-5-15/h1-9H,10-11,13,23H2,(H,26,27). The number of carbonyl (C=O) groups is 1. The van der Waals surface area contributed by atoms with E-state index in [0.29, 0.717) is 35.7 Å². The van der Waals surface area contributed by atoms with Crippen LogP contribution in [0.15, 0.2) is 54.6 Å². The van der Waals surface area contributed by atoms with Gasteiger partial charge in [0, 0.05) is 29.9 Å². The molecule has 2 heterocycles. The van der Waals surface area contributed by atoms with Gasteiger partial charge in [-0.15, -0.1) is 0 Å². The van der Waals surface area contributed by atoms with Crippen LogP contribution in [0.2, 0.25) is 0 Å². The Balaban J connectivity index is 1.69. The van der Waals surface area contributed by atoms with Crippen molar-refractivity contribution in [3.63, 3.8) is 0 Å². The van der Waals surface area contributed by atoms with Crippen LogP contribution in [0.1, 0.15) is 17.0 Å². The van der Waals surface area contributed by atoms with Crippen molar-refractivity contribution in [1.82, 2.24) is 9.47 Å². The fourth-order valence-corrected chi connectivity index (χ4v) is 3.48. The van der Waals surface area contributed by atoms with Crippen molar-refractivity contribution >= 4 is 11.8 Å². The number of nitriles is 1. The zero-order valence-corrected chi connectivity index (χ0v) is 15.0. The third kappa shape index (κ3) is 3.01. The van der Waals surface area contributed by atoms with Gasteiger partial charge in [0.25, 0.3) is 0 Å².